The van der Waals surface area contributed by atoms with Crippen LogP contribution in [0.5, 0.6) is 0 Å². The molecule has 142 valence electrons. The second-order valence-electron chi connectivity index (χ2n) is 6.48. The molecule has 4 rings (SSSR count). The number of nitrogens with zero attached hydrogens (tertiary/aromatic N) is 3. The van der Waals surface area contributed by atoms with Crippen molar-refractivity contribution in [2.45, 2.75) is 11.8 Å². The zero-order chi connectivity index (χ0) is 20.1. The Morgan fingerprint density at radius 2 is 1.61 bits per heavy atom. The summed E-state index contributed by atoms with van der Waals surface area (Å²) in [6, 6.07) is 14.2. The molecule has 0 aliphatic rings. The van der Waals surface area contributed by atoms with Gasteiger partial charge in [-0.15, -0.1) is 0 Å². The summed E-state index contributed by atoms with van der Waals surface area (Å²) in [5.41, 5.74) is 3.96. The molecule has 0 N–H and O–H groups in total. The van der Waals surface area contributed by atoms with Crippen molar-refractivity contribution in [2.24, 2.45) is 0 Å². The summed E-state index contributed by atoms with van der Waals surface area (Å²) in [4.78, 5) is 4.78. The number of benzene rings is 2. The lowest BCUT2D eigenvalue weighted by molar-refractivity contribution is 0.602. The van der Waals surface area contributed by atoms with Crippen molar-refractivity contribution in [3.8, 4) is 22.4 Å². The van der Waals surface area contributed by atoms with E-state index >= 15 is 0 Å². The van der Waals surface area contributed by atoms with Gasteiger partial charge in [0.15, 0.2) is 15.5 Å². The first-order valence-electron chi connectivity index (χ1n) is 8.36. The molecule has 28 heavy (non-hydrogen) atoms. The molecule has 2 aromatic heterocycles. The predicted molar refractivity (Wildman–Crippen MR) is 107 cm³/mol. The van der Waals surface area contributed by atoms with Crippen LogP contribution in [0, 0.1) is 12.7 Å². The van der Waals surface area contributed by atoms with E-state index in [0.29, 0.717) is 27.6 Å². The summed E-state index contributed by atoms with van der Waals surface area (Å²) in [6.07, 6.45) is 1.16. The summed E-state index contributed by atoms with van der Waals surface area (Å²) < 4.78 is 38.4. The molecular weight excluding hydrogens is 401 g/mol. The molecule has 0 aliphatic heterocycles. The Morgan fingerprint density at radius 1 is 1.00 bits per heavy atom. The van der Waals surface area contributed by atoms with Crippen LogP contribution in [0.4, 0.5) is 4.39 Å². The number of hydrogen-bond acceptors (Lipinski definition) is 4. The zero-order valence-electron chi connectivity index (χ0n) is 15.0. The monoisotopic (exact) mass is 415 g/mol. The lowest BCUT2D eigenvalue weighted by atomic mass is 10.0. The van der Waals surface area contributed by atoms with E-state index in [-0.39, 0.29) is 10.7 Å². The summed E-state index contributed by atoms with van der Waals surface area (Å²) >= 11 is 6.35. The van der Waals surface area contributed by atoms with Crippen LogP contribution in [0.2, 0.25) is 5.15 Å². The Hall–Kier alpha value is -2.77. The van der Waals surface area contributed by atoms with Crippen LogP contribution >= 0.6 is 11.6 Å². The van der Waals surface area contributed by atoms with Gasteiger partial charge in [0.2, 0.25) is 0 Å². The summed E-state index contributed by atoms with van der Waals surface area (Å²) in [6.45, 7) is 1.83. The molecule has 0 atom stereocenters. The average molecular weight is 416 g/mol. The van der Waals surface area contributed by atoms with Gasteiger partial charge < -0.3 is 0 Å². The molecule has 0 bridgehead atoms. The minimum Gasteiger partial charge on any atom is -0.233 e. The van der Waals surface area contributed by atoms with Crippen molar-refractivity contribution >= 4 is 27.1 Å². The first kappa shape index (κ1) is 18.6. The van der Waals surface area contributed by atoms with E-state index in [0.717, 1.165) is 17.5 Å². The van der Waals surface area contributed by atoms with Gasteiger partial charge in [-0.25, -0.2) is 22.3 Å². The summed E-state index contributed by atoms with van der Waals surface area (Å²) in [7, 11) is -3.31. The minimum atomic E-state index is -3.31. The molecule has 0 unspecified atom stereocenters. The van der Waals surface area contributed by atoms with E-state index in [1.54, 1.807) is 30.3 Å². The SMILES string of the molecule is Cc1cc(Cl)n2nc(-c3ccc(S(C)(=O)=O)cc3)c(-c3ccc(F)cc3)c2n1. The van der Waals surface area contributed by atoms with Gasteiger partial charge in [0.1, 0.15) is 16.7 Å². The van der Waals surface area contributed by atoms with Crippen molar-refractivity contribution < 1.29 is 12.8 Å². The number of rotatable bonds is 3. The molecule has 8 heteroatoms. The Labute approximate surface area is 166 Å². The number of halogens is 2. The van der Waals surface area contributed by atoms with Crippen molar-refractivity contribution in [1.82, 2.24) is 14.6 Å². The highest BCUT2D eigenvalue weighted by molar-refractivity contribution is 7.90. The van der Waals surface area contributed by atoms with Crippen molar-refractivity contribution in [2.75, 3.05) is 6.26 Å². The molecule has 0 saturated heterocycles. The van der Waals surface area contributed by atoms with Gasteiger partial charge in [-0.05, 0) is 42.8 Å². The standard InChI is InChI=1S/C20H15ClFN3O2S/c1-12-11-17(21)25-20(23-12)18(13-3-7-15(22)8-4-13)19(24-25)14-5-9-16(10-6-14)28(2,26)27/h3-11H,1-2H3. The number of aryl methyl sites for hydroxylation is 1. The third-order valence-electron chi connectivity index (χ3n) is 4.36. The molecule has 0 saturated carbocycles. The van der Waals surface area contributed by atoms with E-state index in [1.807, 2.05) is 6.92 Å². The van der Waals surface area contributed by atoms with Crippen LogP contribution < -0.4 is 0 Å². The molecular formula is C20H15ClFN3O2S. The van der Waals surface area contributed by atoms with Gasteiger partial charge >= 0.3 is 0 Å². The number of fused-ring (bicyclic) bond motifs is 1. The van der Waals surface area contributed by atoms with Crippen molar-refractivity contribution in [3.05, 3.63) is 71.3 Å². The van der Waals surface area contributed by atoms with Crippen LogP contribution in [0.3, 0.4) is 0 Å². The highest BCUT2D eigenvalue weighted by atomic mass is 35.5. The summed E-state index contributed by atoms with van der Waals surface area (Å²) in [5.74, 6) is -0.346. The molecule has 2 aromatic carbocycles. The number of aromatic nitrogens is 3. The fourth-order valence-corrected chi connectivity index (χ4v) is 3.94. The molecule has 0 fully saturated rings. The third-order valence-corrected chi connectivity index (χ3v) is 5.76. The smallest absolute Gasteiger partial charge is 0.175 e. The maximum atomic E-state index is 13.4. The fourth-order valence-electron chi connectivity index (χ4n) is 3.04. The maximum absolute atomic E-state index is 13.4. The molecule has 0 amide bonds. The lowest BCUT2D eigenvalue weighted by Crippen LogP contribution is -1.96. The summed E-state index contributed by atoms with van der Waals surface area (Å²) in [5, 5.41) is 4.99. The van der Waals surface area contributed by atoms with Gasteiger partial charge in [-0.1, -0.05) is 35.9 Å². The van der Waals surface area contributed by atoms with E-state index in [1.165, 1.54) is 28.8 Å². The highest BCUT2D eigenvalue weighted by Crippen LogP contribution is 2.36. The van der Waals surface area contributed by atoms with Gasteiger partial charge in [0.25, 0.3) is 0 Å². The van der Waals surface area contributed by atoms with E-state index < -0.39 is 9.84 Å². The van der Waals surface area contributed by atoms with Gasteiger partial charge in [-0.2, -0.15) is 5.10 Å². The van der Waals surface area contributed by atoms with E-state index in [4.69, 9.17) is 11.6 Å². The van der Waals surface area contributed by atoms with Crippen LogP contribution in [0.15, 0.2) is 59.5 Å². The van der Waals surface area contributed by atoms with Crippen LogP contribution in [-0.2, 0) is 9.84 Å². The Bertz CT molecular complexity index is 1300. The molecule has 0 aliphatic carbocycles. The zero-order valence-corrected chi connectivity index (χ0v) is 16.6. The quantitative estimate of drug-likeness (QED) is 0.460. The molecule has 0 spiro atoms. The van der Waals surface area contributed by atoms with Gasteiger partial charge in [0, 0.05) is 17.5 Å². The Balaban J connectivity index is 2.01. The topological polar surface area (TPSA) is 64.3 Å². The number of sulfone groups is 1. The minimum absolute atomic E-state index is 0.218. The third kappa shape index (κ3) is 3.27. The second kappa shape index (κ2) is 6.68. The number of hydrogen-bond donors (Lipinski definition) is 0. The normalized spacial score (nSPS) is 11.9. The fraction of sp³-hybridized carbons (Fsp3) is 0.100. The largest absolute Gasteiger partial charge is 0.233 e. The van der Waals surface area contributed by atoms with Crippen LogP contribution in [0.1, 0.15) is 5.69 Å². The Morgan fingerprint density at radius 3 is 2.21 bits per heavy atom. The van der Waals surface area contributed by atoms with Gasteiger partial charge in [0.05, 0.1) is 10.5 Å². The highest BCUT2D eigenvalue weighted by Gasteiger charge is 2.20. The van der Waals surface area contributed by atoms with Crippen molar-refractivity contribution in [1.29, 1.82) is 0 Å². The average Bonchev–Trinajstić information content (AvgIpc) is 3.01. The predicted octanol–water partition coefficient (Wildman–Crippen LogP) is 4.57. The van der Waals surface area contributed by atoms with E-state index in [2.05, 4.69) is 10.1 Å². The molecule has 2 heterocycles. The van der Waals surface area contributed by atoms with Crippen molar-refractivity contribution in [3.63, 3.8) is 0 Å². The molecule has 4 aromatic rings. The van der Waals surface area contributed by atoms with Crippen LogP contribution in [-0.4, -0.2) is 29.3 Å². The van der Waals surface area contributed by atoms with Crippen LogP contribution in [0.25, 0.3) is 28.0 Å². The Kier molecular flexibility index (Phi) is 4.44. The molecule has 5 nitrogen and oxygen atoms in total. The van der Waals surface area contributed by atoms with E-state index in [9.17, 15) is 12.8 Å². The first-order chi connectivity index (χ1) is 13.2. The maximum Gasteiger partial charge on any atom is 0.175 e. The lowest BCUT2D eigenvalue weighted by Gasteiger charge is -2.05. The molecule has 0 radical (unpaired) electrons. The first-order valence-corrected chi connectivity index (χ1v) is 10.6. The van der Waals surface area contributed by atoms with Gasteiger partial charge in [-0.3, -0.25) is 0 Å². The second-order valence-corrected chi connectivity index (χ2v) is 8.89.